The number of benzene rings is 1. The largest absolute Gasteiger partial charge is 0.416 e. The highest BCUT2D eigenvalue weighted by atomic mass is 32.2. The van der Waals surface area contributed by atoms with Gasteiger partial charge in [-0.2, -0.15) is 13.2 Å². The predicted octanol–water partition coefficient (Wildman–Crippen LogP) is 3.81. The molecule has 30 heavy (non-hydrogen) atoms. The molecule has 4 N–H and O–H groups in total. The third-order valence-electron chi connectivity index (χ3n) is 4.82. The van der Waals surface area contributed by atoms with Crippen LogP contribution in [0.3, 0.4) is 0 Å². The van der Waals surface area contributed by atoms with Gasteiger partial charge in [0.25, 0.3) is 0 Å². The van der Waals surface area contributed by atoms with E-state index in [-0.39, 0.29) is 11.5 Å². The van der Waals surface area contributed by atoms with Crippen molar-refractivity contribution < 1.29 is 13.2 Å². The number of thioether (sulfide) groups is 1. The van der Waals surface area contributed by atoms with Gasteiger partial charge in [0.2, 0.25) is 0 Å². The molecular weight excluding hydrogens is 411 g/mol. The summed E-state index contributed by atoms with van der Waals surface area (Å²) in [7, 11) is 0. The van der Waals surface area contributed by atoms with Crippen LogP contribution in [0.1, 0.15) is 16.8 Å². The minimum atomic E-state index is -4.34. The number of pyridine rings is 2. The Morgan fingerprint density at radius 2 is 1.87 bits per heavy atom. The van der Waals surface area contributed by atoms with Crippen molar-refractivity contribution in [3.8, 4) is 0 Å². The van der Waals surface area contributed by atoms with E-state index in [1.54, 1.807) is 12.4 Å². The zero-order valence-corrected chi connectivity index (χ0v) is 16.7. The molecule has 2 atom stereocenters. The van der Waals surface area contributed by atoms with Gasteiger partial charge in [-0.1, -0.05) is 23.9 Å². The van der Waals surface area contributed by atoms with Crippen LogP contribution in [-0.2, 0) is 12.6 Å². The molecular formula is C21H20F3N5S. The number of nitrogens with zero attached hydrogens (tertiary/aromatic N) is 3. The molecule has 1 aliphatic rings. The maximum atomic E-state index is 12.7. The van der Waals surface area contributed by atoms with Crippen molar-refractivity contribution in [2.45, 2.75) is 24.1 Å². The van der Waals surface area contributed by atoms with Gasteiger partial charge in [-0.15, -0.1) is 0 Å². The number of aromatic nitrogens is 2. The lowest BCUT2D eigenvalue weighted by Gasteiger charge is -2.24. The molecule has 3 aromatic rings. The Balaban J connectivity index is 1.43. The number of rotatable bonds is 5. The quantitative estimate of drug-likeness (QED) is 0.640. The van der Waals surface area contributed by atoms with E-state index in [1.165, 1.54) is 23.9 Å². The lowest BCUT2D eigenvalue weighted by Crippen LogP contribution is -2.42. The van der Waals surface area contributed by atoms with E-state index in [4.69, 9.17) is 11.5 Å². The summed E-state index contributed by atoms with van der Waals surface area (Å²) in [5, 5.41) is 0.963. The minimum absolute atomic E-state index is 0.278. The second kappa shape index (κ2) is 8.25. The lowest BCUT2D eigenvalue weighted by atomic mass is 10.0. The first-order chi connectivity index (χ1) is 14.3. The van der Waals surface area contributed by atoms with Gasteiger partial charge in [-0.25, -0.2) is 4.98 Å². The molecule has 0 aliphatic carbocycles. The van der Waals surface area contributed by atoms with Gasteiger partial charge in [0, 0.05) is 36.6 Å². The molecule has 3 heterocycles. The highest BCUT2D eigenvalue weighted by molar-refractivity contribution is 8.09. The van der Waals surface area contributed by atoms with Crippen molar-refractivity contribution in [1.82, 2.24) is 14.9 Å². The summed E-state index contributed by atoms with van der Waals surface area (Å²) in [5.41, 5.74) is 14.0. The monoisotopic (exact) mass is 431 g/mol. The fourth-order valence-corrected chi connectivity index (χ4v) is 4.28. The summed E-state index contributed by atoms with van der Waals surface area (Å²) in [5.74, 6) is 0. The van der Waals surface area contributed by atoms with Crippen molar-refractivity contribution in [3.63, 3.8) is 0 Å². The summed E-state index contributed by atoms with van der Waals surface area (Å²) < 4.78 is 38.1. The normalized spacial score (nSPS) is 18.0. The average molecular weight is 431 g/mol. The molecule has 0 bridgehead atoms. The third-order valence-corrected chi connectivity index (χ3v) is 5.90. The van der Waals surface area contributed by atoms with Crippen LogP contribution in [-0.4, -0.2) is 33.0 Å². The highest BCUT2D eigenvalue weighted by Gasteiger charge is 2.30. The van der Waals surface area contributed by atoms with Crippen LogP contribution < -0.4 is 11.5 Å². The molecule has 1 unspecified atom stereocenters. The van der Waals surface area contributed by atoms with Crippen LogP contribution in [0.5, 0.6) is 0 Å². The molecule has 4 rings (SSSR count). The Hall–Kier alpha value is -2.62. The predicted molar refractivity (Wildman–Crippen MR) is 113 cm³/mol. The topological polar surface area (TPSA) is 81.1 Å². The molecule has 0 fully saturated rings. The molecule has 5 nitrogen and oxygen atoms in total. The highest BCUT2D eigenvalue weighted by Crippen LogP contribution is 2.37. The van der Waals surface area contributed by atoms with Gasteiger partial charge in [0.05, 0.1) is 21.7 Å². The summed E-state index contributed by atoms with van der Waals surface area (Å²) in [6, 6.07) is 10.6. The molecule has 2 aromatic heterocycles. The summed E-state index contributed by atoms with van der Waals surface area (Å²) >= 11 is 1.49. The van der Waals surface area contributed by atoms with Gasteiger partial charge >= 0.3 is 6.18 Å². The molecule has 9 heteroatoms. The molecule has 0 amide bonds. The van der Waals surface area contributed by atoms with E-state index in [9.17, 15) is 13.2 Å². The van der Waals surface area contributed by atoms with E-state index < -0.39 is 11.7 Å². The molecule has 0 spiro atoms. The average Bonchev–Trinajstić information content (AvgIpc) is 3.07. The second-order valence-electron chi connectivity index (χ2n) is 7.12. The summed E-state index contributed by atoms with van der Waals surface area (Å²) in [4.78, 5) is 11.6. The first-order valence-corrected chi connectivity index (χ1v) is 10.2. The van der Waals surface area contributed by atoms with Crippen LogP contribution in [0.4, 0.5) is 13.2 Å². The zero-order valence-electron chi connectivity index (χ0n) is 15.9. The summed E-state index contributed by atoms with van der Waals surface area (Å²) in [6.45, 7) is 0.482. The van der Waals surface area contributed by atoms with E-state index >= 15 is 0 Å². The van der Waals surface area contributed by atoms with Crippen LogP contribution in [0, 0.1) is 0 Å². The van der Waals surface area contributed by atoms with Gasteiger partial charge < -0.3 is 16.4 Å². The summed E-state index contributed by atoms with van der Waals surface area (Å²) in [6.07, 6.45) is 1.52. The van der Waals surface area contributed by atoms with Crippen LogP contribution in [0.2, 0.25) is 0 Å². The maximum Gasteiger partial charge on any atom is 0.416 e. The standard InChI is InChI=1S/C21H20F3N5S/c22-21(23,24)15-4-1-13(2-5-15)9-16(25)11-29-12-19(30-20(29)26)18-6-3-14-10-27-8-7-17(14)28-18/h1-8,10,12,16,20H,9,11,25-26H2/t16-,20?/m1/s1. The van der Waals surface area contributed by atoms with Crippen molar-refractivity contribution in [2.75, 3.05) is 6.54 Å². The first-order valence-electron chi connectivity index (χ1n) is 9.32. The second-order valence-corrected chi connectivity index (χ2v) is 8.28. The number of alkyl halides is 3. The fourth-order valence-electron chi connectivity index (χ4n) is 3.31. The number of nitrogens with two attached hydrogens (primary N) is 2. The van der Waals surface area contributed by atoms with Crippen molar-refractivity contribution >= 4 is 27.6 Å². The lowest BCUT2D eigenvalue weighted by molar-refractivity contribution is -0.137. The van der Waals surface area contributed by atoms with E-state index in [2.05, 4.69) is 9.97 Å². The smallest absolute Gasteiger partial charge is 0.351 e. The molecule has 0 saturated carbocycles. The Morgan fingerprint density at radius 3 is 2.60 bits per heavy atom. The Bertz CT molecular complexity index is 1070. The molecule has 1 aliphatic heterocycles. The SMILES string of the molecule is NC1SC(c2ccc3cnccc3n2)=CN1C[C@H](N)Cc1ccc(C(F)(F)F)cc1. The van der Waals surface area contributed by atoms with Crippen molar-refractivity contribution in [2.24, 2.45) is 11.5 Å². The maximum absolute atomic E-state index is 12.7. The Labute approximate surface area is 176 Å². The van der Waals surface area contributed by atoms with Crippen LogP contribution in [0.25, 0.3) is 15.8 Å². The van der Waals surface area contributed by atoms with Gasteiger partial charge in [-0.3, -0.25) is 4.98 Å². The van der Waals surface area contributed by atoms with E-state index in [1.807, 2.05) is 29.3 Å². The fraction of sp³-hybridized carbons (Fsp3) is 0.238. The van der Waals surface area contributed by atoms with Gasteiger partial charge in [0.15, 0.2) is 0 Å². The van der Waals surface area contributed by atoms with Crippen molar-refractivity contribution in [1.29, 1.82) is 0 Å². The zero-order chi connectivity index (χ0) is 21.3. The first kappa shape index (κ1) is 20.6. The van der Waals surface area contributed by atoms with E-state index in [0.717, 1.165) is 39.2 Å². The molecule has 1 aromatic carbocycles. The number of hydrogen-bond acceptors (Lipinski definition) is 6. The molecule has 156 valence electrons. The number of hydrogen-bond donors (Lipinski definition) is 2. The van der Waals surface area contributed by atoms with Gasteiger partial charge in [0.1, 0.15) is 5.50 Å². The van der Waals surface area contributed by atoms with E-state index in [0.29, 0.717) is 13.0 Å². The van der Waals surface area contributed by atoms with Crippen molar-refractivity contribution in [3.05, 3.63) is 77.9 Å². The van der Waals surface area contributed by atoms with Crippen LogP contribution in [0.15, 0.2) is 61.1 Å². The molecule has 0 saturated heterocycles. The van der Waals surface area contributed by atoms with Crippen LogP contribution >= 0.6 is 11.8 Å². The Morgan fingerprint density at radius 1 is 1.10 bits per heavy atom. The number of halogens is 3. The Kier molecular flexibility index (Phi) is 5.68. The number of fused-ring (bicyclic) bond motifs is 1. The van der Waals surface area contributed by atoms with Gasteiger partial charge in [-0.05, 0) is 42.3 Å². The minimum Gasteiger partial charge on any atom is -0.351 e. The third kappa shape index (κ3) is 4.58. The molecule has 0 radical (unpaired) electrons.